The summed E-state index contributed by atoms with van der Waals surface area (Å²) in [6.45, 7) is 0. The third-order valence-corrected chi connectivity index (χ3v) is 2.21. The van der Waals surface area contributed by atoms with E-state index < -0.39 is 0 Å². The molecule has 0 aromatic carbocycles. The third kappa shape index (κ3) is 2.54. The Morgan fingerprint density at radius 1 is 1.00 bits per heavy atom. The van der Waals surface area contributed by atoms with Crippen molar-refractivity contribution < 1.29 is 0 Å². The van der Waals surface area contributed by atoms with Crippen molar-refractivity contribution in [2.75, 3.05) is 29.1 Å². The van der Waals surface area contributed by atoms with Gasteiger partial charge in [-0.2, -0.15) is 0 Å². The van der Waals surface area contributed by atoms with Crippen LogP contribution in [0.2, 0.25) is 0 Å². The maximum absolute atomic E-state index is 5.81. The van der Waals surface area contributed by atoms with E-state index in [4.69, 9.17) is 11.5 Å². The Morgan fingerprint density at radius 2 is 1.82 bits per heavy atom. The van der Waals surface area contributed by atoms with Gasteiger partial charge < -0.3 is 22.1 Å². The molecule has 0 fully saturated rings. The molecule has 2 aromatic heterocycles. The zero-order valence-corrected chi connectivity index (χ0v) is 9.44. The Morgan fingerprint density at radius 3 is 2.47 bits per heavy atom. The van der Waals surface area contributed by atoms with Gasteiger partial charge >= 0.3 is 0 Å². The predicted octanol–water partition coefficient (Wildman–Crippen LogP) is 1.43. The Labute approximate surface area is 99.1 Å². The minimum absolute atomic E-state index is 0.404. The molecule has 2 rings (SSSR count). The fraction of sp³-hybridized carbons (Fsp3) is 0.0909. The maximum Gasteiger partial charge on any atom is 0.149 e. The second-order valence-electron chi connectivity index (χ2n) is 3.45. The first kappa shape index (κ1) is 11.0. The number of aromatic nitrogens is 2. The highest BCUT2D eigenvalue weighted by atomic mass is 15.1. The standard InChI is InChI=1S/C11H14N6/c1-14-9-6-5-7(11(13)17-9)15-10-4-2-3-8(12)16-10/h2-6H,1H3,(H3,12,15,16)(H3,13,14,17). The highest BCUT2D eigenvalue weighted by Crippen LogP contribution is 2.22. The molecular formula is C11H14N6. The molecule has 2 aromatic rings. The first-order valence-corrected chi connectivity index (χ1v) is 5.13. The van der Waals surface area contributed by atoms with Crippen molar-refractivity contribution in [2.24, 2.45) is 0 Å². The van der Waals surface area contributed by atoms with Gasteiger partial charge in [0.05, 0.1) is 5.69 Å². The Balaban J connectivity index is 2.24. The molecule has 0 radical (unpaired) electrons. The van der Waals surface area contributed by atoms with E-state index in [0.717, 1.165) is 0 Å². The van der Waals surface area contributed by atoms with Gasteiger partial charge in [-0.1, -0.05) is 6.07 Å². The average molecular weight is 230 g/mol. The van der Waals surface area contributed by atoms with E-state index in [9.17, 15) is 0 Å². The Kier molecular flexibility index (Phi) is 2.95. The zero-order chi connectivity index (χ0) is 12.3. The molecule has 0 unspecified atom stereocenters. The normalized spacial score (nSPS) is 9.94. The molecule has 88 valence electrons. The topological polar surface area (TPSA) is 102 Å². The second-order valence-corrected chi connectivity index (χ2v) is 3.45. The van der Waals surface area contributed by atoms with E-state index in [1.165, 1.54) is 0 Å². The van der Waals surface area contributed by atoms with E-state index in [-0.39, 0.29) is 0 Å². The Hall–Kier alpha value is -2.50. The summed E-state index contributed by atoms with van der Waals surface area (Å²) >= 11 is 0. The van der Waals surface area contributed by atoms with Crippen LogP contribution in [-0.4, -0.2) is 17.0 Å². The molecule has 0 saturated carbocycles. The minimum atomic E-state index is 0.404. The van der Waals surface area contributed by atoms with Crippen LogP contribution in [0.5, 0.6) is 0 Å². The number of rotatable bonds is 3. The summed E-state index contributed by atoms with van der Waals surface area (Å²) in [5.74, 6) is 2.21. The molecule has 0 aliphatic rings. The fourth-order valence-corrected chi connectivity index (χ4v) is 1.38. The van der Waals surface area contributed by atoms with Crippen LogP contribution < -0.4 is 22.1 Å². The molecule has 2 heterocycles. The summed E-state index contributed by atoms with van der Waals surface area (Å²) in [6, 6.07) is 9.00. The molecule has 0 aliphatic heterocycles. The van der Waals surface area contributed by atoms with Gasteiger partial charge in [0.2, 0.25) is 0 Å². The van der Waals surface area contributed by atoms with E-state index in [2.05, 4.69) is 20.6 Å². The molecule has 0 amide bonds. The zero-order valence-electron chi connectivity index (χ0n) is 9.44. The molecule has 6 N–H and O–H groups in total. The van der Waals surface area contributed by atoms with Gasteiger partial charge in [-0.15, -0.1) is 0 Å². The predicted molar refractivity (Wildman–Crippen MR) is 70.1 cm³/mol. The molecular weight excluding hydrogens is 216 g/mol. The lowest BCUT2D eigenvalue weighted by molar-refractivity contribution is 1.27. The lowest BCUT2D eigenvalue weighted by atomic mass is 10.3. The fourth-order valence-electron chi connectivity index (χ4n) is 1.38. The molecule has 0 saturated heterocycles. The van der Waals surface area contributed by atoms with E-state index >= 15 is 0 Å². The van der Waals surface area contributed by atoms with E-state index in [1.54, 1.807) is 13.1 Å². The van der Waals surface area contributed by atoms with Crippen LogP contribution >= 0.6 is 0 Å². The average Bonchev–Trinajstić information content (AvgIpc) is 2.32. The van der Waals surface area contributed by atoms with Crippen molar-refractivity contribution in [1.29, 1.82) is 0 Å². The number of hydrogen-bond donors (Lipinski definition) is 4. The number of nitrogens with one attached hydrogen (secondary N) is 2. The van der Waals surface area contributed by atoms with Crippen LogP contribution in [0.3, 0.4) is 0 Å². The van der Waals surface area contributed by atoms with Crippen LogP contribution in [0.25, 0.3) is 0 Å². The molecule has 0 atom stereocenters. The molecule has 17 heavy (non-hydrogen) atoms. The summed E-state index contributed by atoms with van der Waals surface area (Å²) in [4.78, 5) is 8.28. The van der Waals surface area contributed by atoms with Gasteiger partial charge in [-0.05, 0) is 24.3 Å². The van der Waals surface area contributed by atoms with Crippen LogP contribution in [0, 0.1) is 0 Å². The molecule has 6 nitrogen and oxygen atoms in total. The quantitative estimate of drug-likeness (QED) is 0.636. The molecule has 0 spiro atoms. The van der Waals surface area contributed by atoms with Crippen LogP contribution in [0.1, 0.15) is 0 Å². The molecule has 0 bridgehead atoms. The summed E-state index contributed by atoms with van der Waals surface area (Å²) in [7, 11) is 1.79. The maximum atomic E-state index is 5.81. The number of hydrogen-bond acceptors (Lipinski definition) is 6. The third-order valence-electron chi connectivity index (χ3n) is 2.21. The van der Waals surface area contributed by atoms with E-state index in [1.807, 2.05) is 24.3 Å². The van der Waals surface area contributed by atoms with Gasteiger partial charge in [0.1, 0.15) is 23.3 Å². The van der Waals surface area contributed by atoms with Crippen LogP contribution in [-0.2, 0) is 0 Å². The van der Waals surface area contributed by atoms with Gasteiger partial charge in [0, 0.05) is 7.05 Å². The number of nitrogens with zero attached hydrogens (tertiary/aromatic N) is 2. The van der Waals surface area contributed by atoms with Crippen molar-refractivity contribution in [3.05, 3.63) is 30.3 Å². The van der Waals surface area contributed by atoms with E-state index in [0.29, 0.717) is 29.0 Å². The number of nitrogen functional groups attached to an aromatic ring is 2. The van der Waals surface area contributed by atoms with Crippen molar-refractivity contribution >= 4 is 29.0 Å². The smallest absolute Gasteiger partial charge is 0.149 e. The lowest BCUT2D eigenvalue weighted by Crippen LogP contribution is -2.03. The summed E-state index contributed by atoms with van der Waals surface area (Å²) in [5, 5.41) is 5.97. The van der Waals surface area contributed by atoms with Gasteiger partial charge in [-0.3, -0.25) is 0 Å². The van der Waals surface area contributed by atoms with Crippen molar-refractivity contribution in [1.82, 2.24) is 9.97 Å². The highest BCUT2D eigenvalue weighted by Gasteiger charge is 2.03. The lowest BCUT2D eigenvalue weighted by Gasteiger charge is -2.09. The van der Waals surface area contributed by atoms with Crippen molar-refractivity contribution in [3.63, 3.8) is 0 Å². The second kappa shape index (κ2) is 4.56. The van der Waals surface area contributed by atoms with Crippen molar-refractivity contribution in [3.8, 4) is 0 Å². The van der Waals surface area contributed by atoms with Crippen LogP contribution in [0.4, 0.5) is 29.0 Å². The first-order chi connectivity index (χ1) is 8.19. The van der Waals surface area contributed by atoms with Crippen LogP contribution in [0.15, 0.2) is 30.3 Å². The Bertz CT molecular complexity index is 525. The summed E-state index contributed by atoms with van der Waals surface area (Å²) in [6.07, 6.45) is 0. The van der Waals surface area contributed by atoms with Gasteiger partial charge in [0.25, 0.3) is 0 Å². The first-order valence-electron chi connectivity index (χ1n) is 5.13. The van der Waals surface area contributed by atoms with Gasteiger partial charge in [0.15, 0.2) is 0 Å². The summed E-state index contributed by atoms with van der Waals surface area (Å²) < 4.78 is 0. The highest BCUT2D eigenvalue weighted by molar-refractivity contribution is 5.70. The summed E-state index contributed by atoms with van der Waals surface area (Å²) in [5.41, 5.74) is 12.1. The number of pyridine rings is 2. The largest absolute Gasteiger partial charge is 0.384 e. The number of anilines is 5. The molecule has 6 heteroatoms. The SMILES string of the molecule is CNc1ccc(Nc2cccc(N)n2)c(N)n1. The van der Waals surface area contributed by atoms with Gasteiger partial charge in [-0.25, -0.2) is 9.97 Å². The number of nitrogens with two attached hydrogens (primary N) is 2. The van der Waals surface area contributed by atoms with Crippen molar-refractivity contribution in [2.45, 2.75) is 0 Å². The monoisotopic (exact) mass is 230 g/mol. The minimum Gasteiger partial charge on any atom is -0.384 e. The molecule has 0 aliphatic carbocycles.